The zero-order chi connectivity index (χ0) is 21.8. The van der Waals surface area contributed by atoms with Crippen molar-refractivity contribution < 1.29 is 13.9 Å². The Labute approximate surface area is 184 Å². The van der Waals surface area contributed by atoms with E-state index in [1.807, 2.05) is 31.2 Å². The molecule has 2 aromatic heterocycles. The summed E-state index contributed by atoms with van der Waals surface area (Å²) in [5, 5.41) is 3.97. The van der Waals surface area contributed by atoms with E-state index in [0.717, 1.165) is 17.4 Å². The van der Waals surface area contributed by atoms with Gasteiger partial charge in [-0.25, -0.2) is 14.4 Å². The molecule has 4 aromatic rings. The summed E-state index contributed by atoms with van der Waals surface area (Å²) in [5.41, 5.74) is 2.01. The minimum atomic E-state index is -0.490. The maximum Gasteiger partial charge on any atom is 0.163 e. The molecule has 2 aromatic carbocycles. The fourth-order valence-electron chi connectivity index (χ4n) is 3.05. The lowest BCUT2D eigenvalue weighted by Gasteiger charge is -2.15. The molecule has 6 nitrogen and oxygen atoms in total. The van der Waals surface area contributed by atoms with Gasteiger partial charge in [0.1, 0.15) is 11.6 Å². The van der Waals surface area contributed by atoms with E-state index in [4.69, 9.17) is 31.0 Å². The molecule has 0 amide bonds. The van der Waals surface area contributed by atoms with Crippen LogP contribution in [0.4, 0.5) is 15.9 Å². The molecular formula is C23H20ClFN4O2. The Bertz CT molecular complexity index is 1220. The molecule has 0 bridgehead atoms. The number of nitrogens with zero attached hydrogens (tertiary/aromatic N) is 3. The topological polar surface area (TPSA) is 69.2 Å². The number of hydrogen-bond acceptors (Lipinski definition) is 6. The second-order valence-electron chi connectivity index (χ2n) is 6.76. The van der Waals surface area contributed by atoms with Crippen LogP contribution in [0.15, 0.2) is 54.9 Å². The first-order valence-electron chi connectivity index (χ1n) is 9.74. The Balaban J connectivity index is 1.89. The molecule has 158 valence electrons. The summed E-state index contributed by atoms with van der Waals surface area (Å²) < 4.78 is 25.0. The van der Waals surface area contributed by atoms with Gasteiger partial charge in [0.2, 0.25) is 0 Å². The van der Waals surface area contributed by atoms with Gasteiger partial charge < -0.3 is 14.8 Å². The van der Waals surface area contributed by atoms with Gasteiger partial charge in [-0.1, -0.05) is 18.5 Å². The third-order valence-electron chi connectivity index (χ3n) is 4.54. The minimum Gasteiger partial charge on any atom is -0.493 e. The van der Waals surface area contributed by atoms with E-state index in [0.29, 0.717) is 41.0 Å². The standard InChI is InChI=1S/C23H20ClFN4O2/c1-3-9-31-21-11-16-19(12-20(21)30-2)28-22(14-5-4-8-26-13-14)29-23(16)27-15-6-7-18(25)17(24)10-15/h4-8,10-13H,3,9H2,1-2H3,(H,27,28,29). The van der Waals surface area contributed by atoms with E-state index >= 15 is 0 Å². The molecule has 2 heterocycles. The number of anilines is 2. The largest absolute Gasteiger partial charge is 0.493 e. The Hall–Kier alpha value is -3.45. The molecule has 1 N–H and O–H groups in total. The summed E-state index contributed by atoms with van der Waals surface area (Å²) in [5.74, 6) is 1.69. The number of halogens is 2. The van der Waals surface area contributed by atoms with Crippen LogP contribution in [-0.4, -0.2) is 28.7 Å². The minimum absolute atomic E-state index is 0.0180. The zero-order valence-corrected chi connectivity index (χ0v) is 17.8. The second kappa shape index (κ2) is 9.14. The molecule has 0 fully saturated rings. The average Bonchev–Trinajstić information content (AvgIpc) is 2.80. The van der Waals surface area contributed by atoms with Crippen LogP contribution in [0.1, 0.15) is 13.3 Å². The van der Waals surface area contributed by atoms with Gasteiger partial charge >= 0.3 is 0 Å². The van der Waals surface area contributed by atoms with Crippen molar-refractivity contribution in [1.29, 1.82) is 0 Å². The predicted molar refractivity (Wildman–Crippen MR) is 120 cm³/mol. The third kappa shape index (κ3) is 4.51. The van der Waals surface area contributed by atoms with Crippen LogP contribution in [-0.2, 0) is 0 Å². The highest BCUT2D eigenvalue weighted by atomic mass is 35.5. The third-order valence-corrected chi connectivity index (χ3v) is 4.83. The van der Waals surface area contributed by atoms with Crippen molar-refractivity contribution in [3.63, 3.8) is 0 Å². The van der Waals surface area contributed by atoms with Gasteiger partial charge in [0, 0.05) is 35.1 Å². The molecule has 0 unspecified atom stereocenters. The number of benzene rings is 2. The fourth-order valence-corrected chi connectivity index (χ4v) is 3.23. The Morgan fingerprint density at radius 3 is 2.68 bits per heavy atom. The van der Waals surface area contributed by atoms with E-state index in [-0.39, 0.29) is 5.02 Å². The van der Waals surface area contributed by atoms with Crippen molar-refractivity contribution in [2.75, 3.05) is 19.0 Å². The van der Waals surface area contributed by atoms with Gasteiger partial charge in [-0.05, 0) is 42.8 Å². The summed E-state index contributed by atoms with van der Waals surface area (Å²) in [6, 6.07) is 11.7. The van der Waals surface area contributed by atoms with E-state index in [2.05, 4.69) is 10.3 Å². The number of pyridine rings is 1. The van der Waals surface area contributed by atoms with Gasteiger partial charge in [0.05, 0.1) is 24.3 Å². The number of methoxy groups -OCH3 is 1. The van der Waals surface area contributed by atoms with E-state index < -0.39 is 5.82 Å². The van der Waals surface area contributed by atoms with Crippen LogP contribution in [0.5, 0.6) is 11.5 Å². The molecule has 0 saturated heterocycles. The fraction of sp³-hybridized carbons (Fsp3) is 0.174. The van der Waals surface area contributed by atoms with Crippen LogP contribution in [0.3, 0.4) is 0 Å². The van der Waals surface area contributed by atoms with Gasteiger partial charge in [-0.3, -0.25) is 4.98 Å². The lowest BCUT2D eigenvalue weighted by molar-refractivity contribution is 0.295. The molecule has 0 spiro atoms. The SMILES string of the molecule is CCCOc1cc2c(Nc3ccc(F)c(Cl)c3)nc(-c3cccnc3)nc2cc1OC. The van der Waals surface area contributed by atoms with Gasteiger partial charge in [0.25, 0.3) is 0 Å². The maximum absolute atomic E-state index is 13.6. The first kappa shape index (κ1) is 20.8. The van der Waals surface area contributed by atoms with Crippen LogP contribution in [0.2, 0.25) is 5.02 Å². The predicted octanol–water partition coefficient (Wildman–Crippen LogP) is 6.03. The highest BCUT2D eigenvalue weighted by molar-refractivity contribution is 6.31. The van der Waals surface area contributed by atoms with Gasteiger partial charge in [-0.15, -0.1) is 0 Å². The Kier molecular flexibility index (Phi) is 6.13. The number of ether oxygens (including phenoxy) is 2. The summed E-state index contributed by atoms with van der Waals surface area (Å²) in [7, 11) is 1.59. The maximum atomic E-state index is 13.6. The molecule has 0 aliphatic carbocycles. The van der Waals surface area contributed by atoms with Crippen molar-refractivity contribution in [3.05, 3.63) is 65.7 Å². The average molecular weight is 439 g/mol. The molecule has 0 aliphatic rings. The smallest absolute Gasteiger partial charge is 0.163 e. The number of rotatable bonds is 7. The first-order valence-corrected chi connectivity index (χ1v) is 10.1. The van der Waals surface area contributed by atoms with E-state index in [9.17, 15) is 4.39 Å². The number of aromatic nitrogens is 3. The first-order chi connectivity index (χ1) is 15.1. The van der Waals surface area contributed by atoms with E-state index in [1.165, 1.54) is 12.1 Å². The Morgan fingerprint density at radius 2 is 1.97 bits per heavy atom. The molecule has 0 aliphatic heterocycles. The second-order valence-corrected chi connectivity index (χ2v) is 7.17. The summed E-state index contributed by atoms with van der Waals surface area (Å²) in [4.78, 5) is 13.6. The van der Waals surface area contributed by atoms with Gasteiger partial charge in [0.15, 0.2) is 17.3 Å². The van der Waals surface area contributed by atoms with Crippen LogP contribution in [0.25, 0.3) is 22.3 Å². The van der Waals surface area contributed by atoms with Crippen molar-refractivity contribution in [1.82, 2.24) is 15.0 Å². The van der Waals surface area contributed by atoms with Crippen molar-refractivity contribution >= 4 is 34.0 Å². The Morgan fingerprint density at radius 1 is 1.10 bits per heavy atom. The zero-order valence-electron chi connectivity index (χ0n) is 17.0. The monoisotopic (exact) mass is 438 g/mol. The van der Waals surface area contributed by atoms with Crippen molar-refractivity contribution in [3.8, 4) is 22.9 Å². The van der Waals surface area contributed by atoms with E-state index in [1.54, 1.807) is 25.6 Å². The van der Waals surface area contributed by atoms with Crippen molar-refractivity contribution in [2.45, 2.75) is 13.3 Å². The number of fused-ring (bicyclic) bond motifs is 1. The molecule has 0 atom stereocenters. The number of nitrogens with one attached hydrogen (secondary N) is 1. The summed E-state index contributed by atoms with van der Waals surface area (Å²) in [6.07, 6.45) is 4.23. The van der Waals surface area contributed by atoms with Gasteiger partial charge in [-0.2, -0.15) is 0 Å². The van der Waals surface area contributed by atoms with Crippen LogP contribution >= 0.6 is 11.6 Å². The van der Waals surface area contributed by atoms with Crippen LogP contribution < -0.4 is 14.8 Å². The molecular weight excluding hydrogens is 419 g/mol. The molecule has 0 radical (unpaired) electrons. The molecule has 31 heavy (non-hydrogen) atoms. The lowest BCUT2D eigenvalue weighted by Crippen LogP contribution is -2.02. The summed E-state index contributed by atoms with van der Waals surface area (Å²) in [6.45, 7) is 2.58. The quantitative estimate of drug-likeness (QED) is 0.380. The lowest BCUT2D eigenvalue weighted by atomic mass is 10.1. The number of hydrogen-bond donors (Lipinski definition) is 1. The van der Waals surface area contributed by atoms with Crippen molar-refractivity contribution in [2.24, 2.45) is 0 Å². The van der Waals surface area contributed by atoms with Crippen LogP contribution in [0, 0.1) is 5.82 Å². The molecule has 8 heteroatoms. The highest BCUT2D eigenvalue weighted by Gasteiger charge is 2.15. The highest BCUT2D eigenvalue weighted by Crippen LogP contribution is 2.36. The normalized spacial score (nSPS) is 10.8. The molecule has 4 rings (SSSR count). The summed E-state index contributed by atoms with van der Waals surface area (Å²) >= 11 is 5.95. The molecule has 0 saturated carbocycles.